The van der Waals surface area contributed by atoms with E-state index in [2.05, 4.69) is 57.8 Å². The number of benzene rings is 1. The van der Waals surface area contributed by atoms with Crippen molar-refractivity contribution in [3.8, 4) is 11.3 Å². The molecule has 1 aromatic carbocycles. The third kappa shape index (κ3) is 2.67. The molecular weight excluding hydrogens is 246 g/mol. The molecule has 0 radical (unpaired) electrons. The zero-order valence-corrected chi connectivity index (χ0v) is 13.2. The van der Waals surface area contributed by atoms with Crippen molar-refractivity contribution in [3.05, 3.63) is 40.7 Å². The molecule has 0 spiro atoms. The van der Waals surface area contributed by atoms with Crippen molar-refractivity contribution < 1.29 is 0 Å². The van der Waals surface area contributed by atoms with Gasteiger partial charge in [-0.2, -0.15) is 0 Å². The minimum Gasteiger partial charge on any atom is -0.383 e. The van der Waals surface area contributed by atoms with Crippen LogP contribution in [0.1, 0.15) is 43.3 Å². The molecule has 0 amide bonds. The fraction of sp³-hybridized carbons (Fsp3) is 0.412. The number of rotatable bonds is 1. The number of anilines is 1. The van der Waals surface area contributed by atoms with Crippen LogP contribution in [0.5, 0.6) is 0 Å². The summed E-state index contributed by atoms with van der Waals surface area (Å²) in [7, 11) is 0. The maximum Gasteiger partial charge on any atom is 0.136 e. The van der Waals surface area contributed by atoms with Gasteiger partial charge < -0.3 is 5.73 Å². The molecule has 3 nitrogen and oxygen atoms in total. The lowest BCUT2D eigenvalue weighted by atomic mass is 9.94. The van der Waals surface area contributed by atoms with Crippen molar-refractivity contribution in [2.24, 2.45) is 0 Å². The summed E-state index contributed by atoms with van der Waals surface area (Å²) in [6.45, 7) is 12.5. The summed E-state index contributed by atoms with van der Waals surface area (Å²) in [6, 6.07) is 6.39. The van der Waals surface area contributed by atoms with Gasteiger partial charge in [-0.3, -0.25) is 0 Å². The van der Waals surface area contributed by atoms with Crippen molar-refractivity contribution in [2.45, 2.75) is 47.0 Å². The summed E-state index contributed by atoms with van der Waals surface area (Å²) in [5, 5.41) is 0. The van der Waals surface area contributed by atoms with E-state index in [1.165, 1.54) is 11.1 Å². The Balaban J connectivity index is 2.66. The average molecular weight is 269 g/mol. The molecule has 0 unspecified atom stereocenters. The molecule has 106 valence electrons. The van der Waals surface area contributed by atoms with E-state index < -0.39 is 0 Å². The van der Waals surface area contributed by atoms with Gasteiger partial charge in [0.15, 0.2) is 0 Å². The van der Waals surface area contributed by atoms with Gasteiger partial charge in [-0.05, 0) is 38.0 Å². The van der Waals surface area contributed by atoms with E-state index in [0.717, 1.165) is 22.6 Å². The highest BCUT2D eigenvalue weighted by molar-refractivity contribution is 5.68. The van der Waals surface area contributed by atoms with Gasteiger partial charge in [-0.1, -0.05) is 32.9 Å². The van der Waals surface area contributed by atoms with Gasteiger partial charge in [0.2, 0.25) is 0 Å². The van der Waals surface area contributed by atoms with Crippen molar-refractivity contribution in [1.29, 1.82) is 0 Å². The number of hydrogen-bond acceptors (Lipinski definition) is 3. The Hall–Kier alpha value is -1.90. The molecule has 2 aromatic rings. The topological polar surface area (TPSA) is 51.8 Å². The number of hydrogen-bond donors (Lipinski definition) is 1. The highest BCUT2D eigenvalue weighted by Crippen LogP contribution is 2.29. The molecule has 1 aromatic heterocycles. The molecule has 1 heterocycles. The van der Waals surface area contributed by atoms with Crippen molar-refractivity contribution in [2.75, 3.05) is 5.73 Å². The molecular formula is C17H23N3. The van der Waals surface area contributed by atoms with Gasteiger partial charge in [0.05, 0.1) is 5.69 Å². The molecule has 0 saturated heterocycles. The first-order chi connectivity index (χ1) is 9.20. The first kappa shape index (κ1) is 14.5. The summed E-state index contributed by atoms with van der Waals surface area (Å²) in [6.07, 6.45) is 0. The normalized spacial score (nSPS) is 11.7. The molecule has 0 atom stereocenters. The lowest BCUT2D eigenvalue weighted by molar-refractivity contribution is 0.546. The maximum absolute atomic E-state index is 6.07. The third-order valence-electron chi connectivity index (χ3n) is 3.63. The Bertz CT molecular complexity index is 652. The highest BCUT2D eigenvalue weighted by atomic mass is 15.0. The molecule has 0 fully saturated rings. The van der Waals surface area contributed by atoms with Crippen molar-refractivity contribution >= 4 is 5.82 Å². The minimum absolute atomic E-state index is 0.115. The van der Waals surface area contributed by atoms with Crippen LogP contribution in [-0.4, -0.2) is 9.97 Å². The lowest BCUT2D eigenvalue weighted by Crippen LogP contribution is -2.18. The van der Waals surface area contributed by atoms with E-state index in [-0.39, 0.29) is 5.41 Å². The van der Waals surface area contributed by atoms with Crippen LogP contribution >= 0.6 is 0 Å². The lowest BCUT2D eigenvalue weighted by Gasteiger charge is -2.19. The molecule has 0 aliphatic heterocycles. The Labute approximate surface area is 121 Å². The van der Waals surface area contributed by atoms with Crippen LogP contribution in [0.25, 0.3) is 11.3 Å². The minimum atomic E-state index is -0.115. The largest absolute Gasteiger partial charge is 0.383 e. The quantitative estimate of drug-likeness (QED) is 0.852. The van der Waals surface area contributed by atoms with Gasteiger partial charge in [-0.25, -0.2) is 9.97 Å². The number of aromatic nitrogens is 2. The zero-order valence-electron chi connectivity index (χ0n) is 13.2. The monoisotopic (exact) mass is 269 g/mol. The fourth-order valence-electron chi connectivity index (χ4n) is 2.04. The summed E-state index contributed by atoms with van der Waals surface area (Å²) in [4.78, 5) is 9.19. The maximum atomic E-state index is 6.07. The standard InChI is InChI=1S/C17H23N3/c1-10-7-8-13(9-11(10)2)14-12(3)15(18)20-16(19-14)17(4,5)6/h7-9H,1-6H3,(H2,18,19,20). The van der Waals surface area contributed by atoms with Crippen molar-refractivity contribution in [1.82, 2.24) is 9.97 Å². The second kappa shape index (κ2) is 4.89. The Morgan fingerprint density at radius 2 is 1.60 bits per heavy atom. The van der Waals surface area contributed by atoms with Gasteiger partial charge >= 0.3 is 0 Å². The van der Waals surface area contributed by atoms with Crippen LogP contribution in [0.4, 0.5) is 5.82 Å². The van der Waals surface area contributed by atoms with Gasteiger partial charge in [0, 0.05) is 16.5 Å². The predicted octanol–water partition coefficient (Wildman–Crippen LogP) is 3.95. The molecule has 2 N–H and O–H groups in total. The molecule has 0 bridgehead atoms. The second-order valence-electron chi connectivity index (χ2n) is 6.46. The average Bonchev–Trinajstić information content (AvgIpc) is 2.34. The van der Waals surface area contributed by atoms with Crippen LogP contribution in [0.2, 0.25) is 0 Å². The molecule has 2 rings (SSSR count). The number of aryl methyl sites for hydroxylation is 2. The second-order valence-corrected chi connectivity index (χ2v) is 6.46. The van der Waals surface area contributed by atoms with E-state index in [0.29, 0.717) is 5.82 Å². The molecule has 0 aliphatic carbocycles. The predicted molar refractivity (Wildman–Crippen MR) is 84.8 cm³/mol. The van der Waals surface area contributed by atoms with Crippen molar-refractivity contribution in [3.63, 3.8) is 0 Å². The zero-order chi connectivity index (χ0) is 15.1. The van der Waals surface area contributed by atoms with E-state index in [4.69, 9.17) is 10.7 Å². The SMILES string of the molecule is Cc1ccc(-c2nc(C(C)(C)C)nc(N)c2C)cc1C. The number of nitrogens with two attached hydrogens (primary N) is 1. The molecule has 0 saturated carbocycles. The van der Waals surface area contributed by atoms with Gasteiger partial charge in [0.25, 0.3) is 0 Å². The van der Waals surface area contributed by atoms with E-state index in [1.54, 1.807) is 0 Å². The van der Waals surface area contributed by atoms with E-state index in [9.17, 15) is 0 Å². The van der Waals surface area contributed by atoms with E-state index >= 15 is 0 Å². The van der Waals surface area contributed by atoms with Gasteiger partial charge in [0.1, 0.15) is 11.6 Å². The third-order valence-corrected chi connectivity index (χ3v) is 3.63. The molecule has 20 heavy (non-hydrogen) atoms. The number of nitrogen functional groups attached to an aromatic ring is 1. The summed E-state index contributed by atoms with van der Waals surface area (Å²) in [5.74, 6) is 1.35. The number of nitrogens with zero attached hydrogens (tertiary/aromatic N) is 2. The molecule has 3 heteroatoms. The summed E-state index contributed by atoms with van der Waals surface area (Å²) < 4.78 is 0. The van der Waals surface area contributed by atoms with Crippen LogP contribution in [0.3, 0.4) is 0 Å². The van der Waals surface area contributed by atoms with Crippen LogP contribution in [0.15, 0.2) is 18.2 Å². The Morgan fingerprint density at radius 3 is 2.15 bits per heavy atom. The van der Waals surface area contributed by atoms with Gasteiger partial charge in [-0.15, -0.1) is 0 Å². The van der Waals surface area contributed by atoms with E-state index in [1.807, 2.05) is 6.92 Å². The highest BCUT2D eigenvalue weighted by Gasteiger charge is 2.21. The summed E-state index contributed by atoms with van der Waals surface area (Å²) >= 11 is 0. The first-order valence-corrected chi connectivity index (χ1v) is 6.92. The van der Waals surface area contributed by atoms with Crippen LogP contribution in [-0.2, 0) is 5.41 Å². The molecule has 0 aliphatic rings. The first-order valence-electron chi connectivity index (χ1n) is 6.92. The smallest absolute Gasteiger partial charge is 0.136 e. The fourth-order valence-corrected chi connectivity index (χ4v) is 2.04. The summed E-state index contributed by atoms with van der Waals surface area (Å²) in [5.41, 5.74) is 11.5. The van der Waals surface area contributed by atoms with Crippen LogP contribution in [0, 0.1) is 20.8 Å². The Morgan fingerprint density at radius 1 is 0.950 bits per heavy atom. The van der Waals surface area contributed by atoms with Crippen LogP contribution < -0.4 is 5.73 Å². The Kier molecular flexibility index (Phi) is 3.55.